The van der Waals surface area contributed by atoms with Gasteiger partial charge in [-0.2, -0.15) is 0 Å². The van der Waals surface area contributed by atoms with Gasteiger partial charge in [0.05, 0.1) is 23.2 Å². The van der Waals surface area contributed by atoms with Gasteiger partial charge in [0, 0.05) is 18.0 Å². The summed E-state index contributed by atoms with van der Waals surface area (Å²) in [5.74, 6) is 0.756. The van der Waals surface area contributed by atoms with E-state index >= 15 is 0 Å². The standard InChI is InChI=1S/C18H23N3O3.C6H13NO/c1-11-18(12(2)24-21-11)13-3-8-16(17(9-13)19-10-22)20-14-4-6-15(23)7-5-14;1-7-5-3-2-4-6-8/h3,8-10,14-15,20,23H,4-7H2,1-2H3,(H,19,22);6-7H,2-5H2,1H3. The van der Waals surface area contributed by atoms with E-state index in [0.29, 0.717) is 18.9 Å². The molecule has 0 saturated heterocycles. The SMILES string of the molecule is CNCCCCC=O.Cc1noc(C)c1-c1ccc(NC2CCC(O)CC2)c(NC=O)c1. The number of aliphatic hydroxyl groups is 1. The van der Waals surface area contributed by atoms with E-state index in [9.17, 15) is 14.7 Å². The molecule has 1 saturated carbocycles. The Balaban J connectivity index is 0.000000390. The maximum Gasteiger partial charge on any atom is 0.211 e. The Hall–Kier alpha value is -2.71. The molecule has 176 valence electrons. The van der Waals surface area contributed by atoms with Crippen LogP contribution >= 0.6 is 0 Å². The maximum absolute atomic E-state index is 11.0. The van der Waals surface area contributed by atoms with Gasteiger partial charge in [-0.25, -0.2) is 0 Å². The van der Waals surface area contributed by atoms with Crippen molar-refractivity contribution in [3.8, 4) is 11.1 Å². The second kappa shape index (κ2) is 13.6. The summed E-state index contributed by atoms with van der Waals surface area (Å²) in [5.41, 5.74) is 4.36. The minimum Gasteiger partial charge on any atom is -0.393 e. The van der Waals surface area contributed by atoms with E-state index in [2.05, 4.69) is 21.1 Å². The van der Waals surface area contributed by atoms with Crippen molar-refractivity contribution < 1.29 is 19.2 Å². The molecular weight excluding hydrogens is 408 g/mol. The van der Waals surface area contributed by atoms with Crippen molar-refractivity contribution in [3.05, 3.63) is 29.7 Å². The Bertz CT molecular complexity index is 825. The molecule has 8 heteroatoms. The number of aryl methyl sites for hydroxylation is 2. The summed E-state index contributed by atoms with van der Waals surface area (Å²) >= 11 is 0. The fourth-order valence-corrected chi connectivity index (χ4v) is 3.87. The van der Waals surface area contributed by atoms with Crippen LogP contribution in [-0.4, -0.2) is 48.7 Å². The molecular formula is C24H36N4O4. The highest BCUT2D eigenvalue weighted by molar-refractivity contribution is 5.85. The van der Waals surface area contributed by atoms with Gasteiger partial charge in [0.25, 0.3) is 0 Å². The number of anilines is 2. The predicted molar refractivity (Wildman–Crippen MR) is 127 cm³/mol. The van der Waals surface area contributed by atoms with Crippen LogP contribution in [0.2, 0.25) is 0 Å². The topological polar surface area (TPSA) is 116 Å². The minimum absolute atomic E-state index is 0.183. The molecule has 0 bridgehead atoms. The zero-order valence-corrected chi connectivity index (χ0v) is 19.3. The number of carbonyl (C=O) groups excluding carboxylic acids is 2. The zero-order valence-electron chi connectivity index (χ0n) is 19.3. The fraction of sp³-hybridized carbons (Fsp3) is 0.542. The van der Waals surface area contributed by atoms with E-state index in [1.54, 1.807) is 0 Å². The number of aliphatic hydroxyl groups excluding tert-OH is 1. The molecule has 0 radical (unpaired) electrons. The molecule has 1 aliphatic carbocycles. The lowest BCUT2D eigenvalue weighted by Gasteiger charge is -2.28. The van der Waals surface area contributed by atoms with Crippen molar-refractivity contribution in [3.63, 3.8) is 0 Å². The first kappa shape index (κ1) is 25.5. The van der Waals surface area contributed by atoms with E-state index in [-0.39, 0.29) is 6.10 Å². The summed E-state index contributed by atoms with van der Waals surface area (Å²) in [6.07, 6.45) is 7.77. The molecule has 0 unspecified atom stereocenters. The average molecular weight is 445 g/mol. The highest BCUT2D eigenvalue weighted by Crippen LogP contribution is 2.34. The van der Waals surface area contributed by atoms with Crippen molar-refractivity contribution in [2.24, 2.45) is 0 Å². The van der Waals surface area contributed by atoms with Crippen LogP contribution in [0, 0.1) is 13.8 Å². The molecule has 3 rings (SSSR count). The average Bonchev–Trinajstić information content (AvgIpc) is 3.13. The van der Waals surface area contributed by atoms with E-state index in [1.807, 2.05) is 39.1 Å². The summed E-state index contributed by atoms with van der Waals surface area (Å²) in [7, 11) is 1.92. The van der Waals surface area contributed by atoms with Gasteiger partial charge in [0.1, 0.15) is 12.0 Å². The quantitative estimate of drug-likeness (QED) is 0.325. The van der Waals surface area contributed by atoms with E-state index in [0.717, 1.165) is 85.3 Å². The van der Waals surface area contributed by atoms with Gasteiger partial charge in [0.15, 0.2) is 0 Å². The summed E-state index contributed by atoms with van der Waals surface area (Å²) in [5, 5.41) is 22.9. The van der Waals surface area contributed by atoms with Gasteiger partial charge in [-0.3, -0.25) is 4.79 Å². The minimum atomic E-state index is -0.183. The Morgan fingerprint density at radius 3 is 2.47 bits per heavy atom. The first-order valence-electron chi connectivity index (χ1n) is 11.3. The second-order valence-corrected chi connectivity index (χ2v) is 8.14. The summed E-state index contributed by atoms with van der Waals surface area (Å²) in [4.78, 5) is 20.7. The summed E-state index contributed by atoms with van der Waals surface area (Å²) in [6.45, 7) is 4.80. The first-order chi connectivity index (χ1) is 15.5. The molecule has 0 aliphatic heterocycles. The van der Waals surface area contributed by atoms with Crippen LogP contribution in [-0.2, 0) is 9.59 Å². The monoisotopic (exact) mass is 444 g/mol. The molecule has 1 aromatic carbocycles. The van der Waals surface area contributed by atoms with Crippen molar-refractivity contribution in [1.82, 2.24) is 10.5 Å². The lowest BCUT2D eigenvalue weighted by Crippen LogP contribution is -2.28. The van der Waals surface area contributed by atoms with Crippen LogP contribution in [0.5, 0.6) is 0 Å². The zero-order chi connectivity index (χ0) is 23.3. The third kappa shape index (κ3) is 7.76. The van der Waals surface area contributed by atoms with Crippen LogP contribution in [0.25, 0.3) is 11.1 Å². The second-order valence-electron chi connectivity index (χ2n) is 8.14. The van der Waals surface area contributed by atoms with Gasteiger partial charge >= 0.3 is 0 Å². The molecule has 0 atom stereocenters. The molecule has 0 spiro atoms. The third-order valence-electron chi connectivity index (χ3n) is 5.61. The van der Waals surface area contributed by atoms with Crippen molar-refractivity contribution in [2.45, 2.75) is 70.9 Å². The lowest BCUT2D eigenvalue weighted by atomic mass is 9.93. The molecule has 1 amide bonds. The number of aldehydes is 1. The number of nitrogens with zero attached hydrogens (tertiary/aromatic N) is 1. The highest BCUT2D eigenvalue weighted by atomic mass is 16.5. The van der Waals surface area contributed by atoms with Gasteiger partial charge in [0.2, 0.25) is 6.41 Å². The van der Waals surface area contributed by atoms with Crippen LogP contribution < -0.4 is 16.0 Å². The van der Waals surface area contributed by atoms with Crippen LogP contribution in [0.15, 0.2) is 22.7 Å². The van der Waals surface area contributed by atoms with E-state index < -0.39 is 0 Å². The Morgan fingerprint density at radius 2 is 1.88 bits per heavy atom. The number of rotatable bonds is 10. The number of nitrogens with one attached hydrogen (secondary N) is 3. The van der Waals surface area contributed by atoms with Gasteiger partial charge in [-0.15, -0.1) is 0 Å². The van der Waals surface area contributed by atoms with Crippen molar-refractivity contribution in [1.29, 1.82) is 0 Å². The fourth-order valence-electron chi connectivity index (χ4n) is 3.87. The van der Waals surface area contributed by atoms with Crippen molar-refractivity contribution in [2.75, 3.05) is 24.2 Å². The Kier molecular flexibility index (Phi) is 10.9. The smallest absolute Gasteiger partial charge is 0.211 e. The number of amides is 1. The first-order valence-corrected chi connectivity index (χ1v) is 11.3. The number of benzene rings is 1. The molecule has 2 aromatic rings. The van der Waals surface area contributed by atoms with Gasteiger partial charge < -0.3 is 30.4 Å². The lowest BCUT2D eigenvalue weighted by molar-refractivity contribution is -0.108. The molecule has 1 aliphatic rings. The van der Waals surface area contributed by atoms with E-state index in [1.165, 1.54) is 0 Å². The van der Waals surface area contributed by atoms with Crippen LogP contribution in [0.3, 0.4) is 0 Å². The van der Waals surface area contributed by atoms with Crippen LogP contribution in [0.4, 0.5) is 11.4 Å². The molecule has 1 fully saturated rings. The Morgan fingerprint density at radius 1 is 1.12 bits per heavy atom. The largest absolute Gasteiger partial charge is 0.393 e. The molecule has 4 N–H and O–H groups in total. The Labute approximate surface area is 190 Å². The predicted octanol–water partition coefficient (Wildman–Crippen LogP) is 3.82. The normalized spacial score (nSPS) is 17.8. The number of hydrogen-bond donors (Lipinski definition) is 4. The summed E-state index contributed by atoms with van der Waals surface area (Å²) < 4.78 is 5.23. The molecule has 1 aromatic heterocycles. The third-order valence-corrected chi connectivity index (χ3v) is 5.61. The number of aromatic nitrogens is 1. The molecule has 32 heavy (non-hydrogen) atoms. The van der Waals surface area contributed by atoms with Crippen molar-refractivity contribution >= 4 is 24.1 Å². The number of unbranched alkanes of at least 4 members (excludes halogenated alkanes) is 2. The molecule has 1 heterocycles. The van der Waals surface area contributed by atoms with Gasteiger partial charge in [-0.05, 0) is 83.7 Å². The van der Waals surface area contributed by atoms with Crippen LogP contribution in [0.1, 0.15) is 56.4 Å². The molecule has 8 nitrogen and oxygen atoms in total. The highest BCUT2D eigenvalue weighted by Gasteiger charge is 2.20. The number of hydrogen-bond acceptors (Lipinski definition) is 7. The van der Waals surface area contributed by atoms with Gasteiger partial charge in [-0.1, -0.05) is 11.2 Å². The number of carbonyl (C=O) groups is 2. The summed E-state index contributed by atoms with van der Waals surface area (Å²) in [6, 6.07) is 6.21. The van der Waals surface area contributed by atoms with E-state index in [4.69, 9.17) is 4.52 Å². The maximum atomic E-state index is 11.0.